The molecule has 1 N–H and O–H groups in total. The Kier molecular flexibility index (Phi) is 3.95. The topological polar surface area (TPSA) is 29.5 Å². The van der Waals surface area contributed by atoms with E-state index >= 15 is 0 Å². The van der Waals surface area contributed by atoms with Gasteiger partial charge in [-0.15, -0.1) is 0 Å². The lowest BCUT2D eigenvalue weighted by atomic mass is 9.94. The van der Waals surface area contributed by atoms with Crippen LogP contribution < -0.4 is 4.74 Å². The van der Waals surface area contributed by atoms with Crippen LogP contribution in [0.25, 0.3) is 0 Å². The Labute approximate surface area is 108 Å². The lowest BCUT2D eigenvalue weighted by Gasteiger charge is -2.15. The molecule has 2 rings (SSSR count). The van der Waals surface area contributed by atoms with E-state index in [1.54, 1.807) is 0 Å². The maximum Gasteiger partial charge on any atom is 0.125 e. The van der Waals surface area contributed by atoms with Crippen LogP contribution in [-0.4, -0.2) is 17.8 Å². The van der Waals surface area contributed by atoms with Crippen LogP contribution >= 0.6 is 11.6 Å². The van der Waals surface area contributed by atoms with Gasteiger partial charge in [-0.1, -0.05) is 18.5 Å². The van der Waals surface area contributed by atoms with E-state index in [0.29, 0.717) is 5.92 Å². The Bertz CT molecular complexity index is 401. The summed E-state index contributed by atoms with van der Waals surface area (Å²) in [6.07, 6.45) is 2.42. The van der Waals surface area contributed by atoms with E-state index in [-0.39, 0.29) is 6.10 Å². The summed E-state index contributed by atoms with van der Waals surface area (Å²) in [6, 6.07) is 3.98. The van der Waals surface area contributed by atoms with Crippen LogP contribution in [0.1, 0.15) is 31.4 Å². The number of aliphatic hydroxyl groups excluding tert-OH is 1. The number of benzene rings is 1. The van der Waals surface area contributed by atoms with E-state index < -0.39 is 0 Å². The molecule has 1 aromatic carbocycles. The van der Waals surface area contributed by atoms with Crippen molar-refractivity contribution >= 4 is 11.6 Å². The SMILES string of the molecule is CC(O)CC(C)Cc1cc(Cl)cc2c1OCC2. The van der Waals surface area contributed by atoms with Gasteiger partial charge < -0.3 is 9.84 Å². The van der Waals surface area contributed by atoms with E-state index in [1.165, 1.54) is 11.1 Å². The summed E-state index contributed by atoms with van der Waals surface area (Å²) >= 11 is 6.11. The first-order chi connectivity index (χ1) is 8.06. The van der Waals surface area contributed by atoms with Crippen molar-refractivity contribution in [2.24, 2.45) is 5.92 Å². The van der Waals surface area contributed by atoms with Gasteiger partial charge in [0.05, 0.1) is 12.7 Å². The fourth-order valence-electron chi connectivity index (χ4n) is 2.54. The van der Waals surface area contributed by atoms with Gasteiger partial charge in [0.15, 0.2) is 0 Å². The lowest BCUT2D eigenvalue weighted by Crippen LogP contribution is -2.10. The van der Waals surface area contributed by atoms with Crippen molar-refractivity contribution in [3.63, 3.8) is 0 Å². The third-order valence-corrected chi connectivity index (χ3v) is 3.36. The maximum atomic E-state index is 9.39. The summed E-state index contributed by atoms with van der Waals surface area (Å²) in [4.78, 5) is 0. The van der Waals surface area contributed by atoms with Crippen molar-refractivity contribution in [1.82, 2.24) is 0 Å². The van der Waals surface area contributed by atoms with Crippen molar-refractivity contribution in [3.05, 3.63) is 28.3 Å². The molecule has 2 nitrogen and oxygen atoms in total. The lowest BCUT2D eigenvalue weighted by molar-refractivity contribution is 0.164. The highest BCUT2D eigenvalue weighted by atomic mass is 35.5. The second-order valence-corrected chi connectivity index (χ2v) is 5.48. The molecule has 0 aromatic heterocycles. The Balaban J connectivity index is 2.15. The summed E-state index contributed by atoms with van der Waals surface area (Å²) < 4.78 is 5.67. The average molecular weight is 255 g/mol. The quantitative estimate of drug-likeness (QED) is 0.894. The second kappa shape index (κ2) is 5.28. The molecular weight excluding hydrogens is 236 g/mol. The fraction of sp³-hybridized carbons (Fsp3) is 0.571. The van der Waals surface area contributed by atoms with E-state index in [4.69, 9.17) is 16.3 Å². The minimum absolute atomic E-state index is 0.252. The number of hydrogen-bond acceptors (Lipinski definition) is 2. The summed E-state index contributed by atoms with van der Waals surface area (Å²) in [6.45, 7) is 4.73. The highest BCUT2D eigenvalue weighted by Crippen LogP contribution is 2.34. The summed E-state index contributed by atoms with van der Waals surface area (Å²) in [5.41, 5.74) is 2.40. The zero-order valence-electron chi connectivity index (χ0n) is 10.4. The Hall–Kier alpha value is -0.730. The van der Waals surface area contributed by atoms with Gasteiger partial charge in [0.1, 0.15) is 5.75 Å². The number of rotatable bonds is 4. The van der Waals surface area contributed by atoms with Crippen molar-refractivity contribution in [3.8, 4) is 5.75 Å². The Morgan fingerprint density at radius 2 is 2.18 bits per heavy atom. The van der Waals surface area contributed by atoms with Gasteiger partial charge in [-0.05, 0) is 48.9 Å². The van der Waals surface area contributed by atoms with Gasteiger partial charge in [0.25, 0.3) is 0 Å². The van der Waals surface area contributed by atoms with Gasteiger partial charge in [-0.3, -0.25) is 0 Å². The molecule has 0 amide bonds. The largest absolute Gasteiger partial charge is 0.493 e. The van der Waals surface area contributed by atoms with Gasteiger partial charge in [0.2, 0.25) is 0 Å². The van der Waals surface area contributed by atoms with Gasteiger partial charge in [-0.2, -0.15) is 0 Å². The van der Waals surface area contributed by atoms with Crippen LogP contribution in [-0.2, 0) is 12.8 Å². The van der Waals surface area contributed by atoms with Crippen LogP contribution in [0.15, 0.2) is 12.1 Å². The van der Waals surface area contributed by atoms with Crippen molar-refractivity contribution in [2.45, 2.75) is 39.2 Å². The van der Waals surface area contributed by atoms with E-state index in [9.17, 15) is 5.11 Å². The third-order valence-electron chi connectivity index (χ3n) is 3.14. The predicted octanol–water partition coefficient (Wildman–Crippen LogP) is 3.22. The van der Waals surface area contributed by atoms with Crippen LogP contribution in [0.2, 0.25) is 5.02 Å². The number of fused-ring (bicyclic) bond motifs is 1. The predicted molar refractivity (Wildman–Crippen MR) is 69.8 cm³/mol. The van der Waals surface area contributed by atoms with Crippen LogP contribution in [0.4, 0.5) is 0 Å². The molecule has 1 aliphatic rings. The molecule has 1 aliphatic heterocycles. The zero-order valence-corrected chi connectivity index (χ0v) is 11.1. The average Bonchev–Trinajstić information content (AvgIpc) is 2.63. The zero-order chi connectivity index (χ0) is 12.4. The molecule has 3 heteroatoms. The highest BCUT2D eigenvalue weighted by Gasteiger charge is 2.19. The molecule has 0 aliphatic carbocycles. The number of ether oxygens (including phenoxy) is 1. The molecule has 2 unspecified atom stereocenters. The molecule has 0 fully saturated rings. The molecular formula is C14H19ClO2. The molecule has 94 valence electrons. The van der Waals surface area contributed by atoms with Crippen LogP contribution in [0.3, 0.4) is 0 Å². The summed E-state index contributed by atoms with van der Waals surface area (Å²) in [5.74, 6) is 1.45. The van der Waals surface area contributed by atoms with Crippen LogP contribution in [0.5, 0.6) is 5.75 Å². The smallest absolute Gasteiger partial charge is 0.125 e. The fourth-order valence-corrected chi connectivity index (χ4v) is 2.80. The molecule has 0 saturated carbocycles. The van der Waals surface area contributed by atoms with Gasteiger partial charge >= 0.3 is 0 Å². The number of halogens is 1. The maximum absolute atomic E-state index is 9.39. The first-order valence-corrected chi connectivity index (χ1v) is 6.56. The molecule has 0 saturated heterocycles. The first kappa shape index (κ1) is 12.7. The Morgan fingerprint density at radius 1 is 1.41 bits per heavy atom. The minimum atomic E-state index is -0.252. The van der Waals surface area contributed by atoms with Crippen molar-refractivity contribution < 1.29 is 9.84 Å². The molecule has 0 radical (unpaired) electrons. The van der Waals surface area contributed by atoms with E-state index in [2.05, 4.69) is 6.92 Å². The molecule has 17 heavy (non-hydrogen) atoms. The van der Waals surface area contributed by atoms with E-state index in [1.807, 2.05) is 19.1 Å². The third kappa shape index (κ3) is 3.14. The number of hydrogen-bond donors (Lipinski definition) is 1. The standard InChI is InChI=1S/C14H19ClO2/c1-9(5-10(2)16)6-12-8-13(15)7-11-3-4-17-14(11)12/h7-10,16H,3-6H2,1-2H3. The number of aliphatic hydroxyl groups is 1. The first-order valence-electron chi connectivity index (χ1n) is 6.18. The van der Waals surface area contributed by atoms with Crippen molar-refractivity contribution in [1.29, 1.82) is 0 Å². The van der Waals surface area contributed by atoms with Gasteiger partial charge in [-0.25, -0.2) is 0 Å². The monoisotopic (exact) mass is 254 g/mol. The highest BCUT2D eigenvalue weighted by molar-refractivity contribution is 6.30. The van der Waals surface area contributed by atoms with Gasteiger partial charge in [0, 0.05) is 11.4 Å². The molecule has 2 atom stereocenters. The molecule has 1 heterocycles. The molecule has 0 spiro atoms. The van der Waals surface area contributed by atoms with Crippen LogP contribution in [0, 0.1) is 5.92 Å². The molecule has 0 bridgehead atoms. The van der Waals surface area contributed by atoms with Crippen molar-refractivity contribution in [2.75, 3.05) is 6.61 Å². The minimum Gasteiger partial charge on any atom is -0.493 e. The molecule has 1 aromatic rings. The Morgan fingerprint density at radius 3 is 2.88 bits per heavy atom. The van der Waals surface area contributed by atoms with E-state index in [0.717, 1.165) is 36.6 Å². The second-order valence-electron chi connectivity index (χ2n) is 5.05. The normalized spacial score (nSPS) is 17.4. The summed E-state index contributed by atoms with van der Waals surface area (Å²) in [7, 11) is 0. The summed E-state index contributed by atoms with van der Waals surface area (Å²) in [5, 5.41) is 10.2.